The van der Waals surface area contributed by atoms with E-state index in [-0.39, 0.29) is 11.5 Å². The number of ether oxygens (including phenoxy) is 2. The topological polar surface area (TPSA) is 38.8 Å². The largest absolute Gasteiger partial charge is 0.491 e. The summed E-state index contributed by atoms with van der Waals surface area (Å²) in [5.41, 5.74) is 1.62. The summed E-state index contributed by atoms with van der Waals surface area (Å²) in [6.45, 7) is 13.6. The van der Waals surface area contributed by atoms with Gasteiger partial charge in [0.1, 0.15) is 18.0 Å². The lowest BCUT2D eigenvalue weighted by molar-refractivity contribution is 0.0225. The van der Waals surface area contributed by atoms with Crippen molar-refractivity contribution >= 4 is 22.0 Å². The van der Waals surface area contributed by atoms with Crippen LogP contribution in [0, 0.1) is 0 Å². The normalized spacial score (nSPS) is 15.5. The third kappa shape index (κ3) is 4.63. The van der Waals surface area contributed by atoms with E-state index in [0.29, 0.717) is 19.7 Å². The van der Waals surface area contributed by atoms with Gasteiger partial charge in [-0.1, -0.05) is 36.7 Å². The molecule has 5 heteroatoms. The van der Waals surface area contributed by atoms with Crippen LogP contribution < -0.4 is 4.74 Å². The van der Waals surface area contributed by atoms with Gasteiger partial charge in [0.05, 0.1) is 13.1 Å². The lowest BCUT2D eigenvalue weighted by Gasteiger charge is -2.26. The first-order chi connectivity index (χ1) is 10.5. The molecule has 0 spiro atoms. The quantitative estimate of drug-likeness (QED) is 0.640. The summed E-state index contributed by atoms with van der Waals surface area (Å²) in [6, 6.07) is 4.12. The van der Waals surface area contributed by atoms with Crippen LogP contribution in [0.15, 0.2) is 16.6 Å². The molecule has 1 heterocycles. The fraction of sp³-hybridized carbons (Fsp3) is 0.611. The van der Waals surface area contributed by atoms with Gasteiger partial charge in [-0.05, 0) is 38.3 Å². The number of benzene rings is 1. The number of halogens is 1. The minimum atomic E-state index is -0.499. The number of carbonyl (C=O) groups is 1. The Hall–Kier alpha value is -1.23. The first kappa shape index (κ1) is 18.1. The molecule has 1 aliphatic heterocycles. The predicted molar refractivity (Wildman–Crippen MR) is 95.0 cm³/mol. The molecule has 128 valence electrons. The van der Waals surface area contributed by atoms with Gasteiger partial charge in [-0.15, -0.1) is 0 Å². The monoisotopic (exact) mass is 383 g/mol. The molecule has 0 saturated carbocycles. The summed E-state index contributed by atoms with van der Waals surface area (Å²) in [5.74, 6) is 0.895. The SMILES string of the molecule is CC(C)(C)OC(=O)N1CCOc2c(cc(Br)cc2C(C)(C)C)C1. The molecule has 0 fully saturated rings. The zero-order valence-corrected chi connectivity index (χ0v) is 16.4. The summed E-state index contributed by atoms with van der Waals surface area (Å²) in [6.07, 6.45) is -0.300. The van der Waals surface area contributed by atoms with Crippen LogP contribution in [0.5, 0.6) is 5.75 Å². The molecule has 0 bridgehead atoms. The van der Waals surface area contributed by atoms with E-state index < -0.39 is 5.60 Å². The average Bonchev–Trinajstić information content (AvgIpc) is 2.56. The van der Waals surface area contributed by atoms with E-state index in [9.17, 15) is 4.79 Å². The van der Waals surface area contributed by atoms with Gasteiger partial charge in [0.15, 0.2) is 0 Å². The average molecular weight is 384 g/mol. The molecule has 0 N–H and O–H groups in total. The first-order valence-corrected chi connectivity index (χ1v) is 8.70. The summed E-state index contributed by atoms with van der Waals surface area (Å²) < 4.78 is 12.5. The highest BCUT2D eigenvalue weighted by molar-refractivity contribution is 9.10. The van der Waals surface area contributed by atoms with Crippen LogP contribution in [0.4, 0.5) is 4.79 Å². The highest BCUT2D eigenvalue weighted by atomic mass is 79.9. The van der Waals surface area contributed by atoms with Crippen LogP contribution in [0.3, 0.4) is 0 Å². The maximum Gasteiger partial charge on any atom is 0.410 e. The van der Waals surface area contributed by atoms with Gasteiger partial charge >= 0.3 is 6.09 Å². The minimum absolute atomic E-state index is 0.0328. The van der Waals surface area contributed by atoms with Gasteiger partial charge in [0, 0.05) is 15.6 Å². The second kappa shape index (κ2) is 6.34. The van der Waals surface area contributed by atoms with Crippen molar-refractivity contribution in [1.82, 2.24) is 4.90 Å². The Kier molecular flexibility index (Phi) is 5.00. The fourth-order valence-electron chi connectivity index (χ4n) is 2.52. The van der Waals surface area contributed by atoms with E-state index >= 15 is 0 Å². The van der Waals surface area contributed by atoms with Gasteiger partial charge in [0.2, 0.25) is 0 Å². The predicted octanol–water partition coefficient (Wildman–Crippen LogP) is 4.88. The molecule has 2 rings (SSSR count). The van der Waals surface area contributed by atoms with E-state index in [1.54, 1.807) is 4.90 Å². The fourth-order valence-corrected chi connectivity index (χ4v) is 3.03. The molecule has 1 aromatic carbocycles. The number of rotatable bonds is 0. The van der Waals surface area contributed by atoms with E-state index in [1.807, 2.05) is 26.8 Å². The van der Waals surface area contributed by atoms with Crippen LogP contribution in [0.2, 0.25) is 0 Å². The molecule has 1 aromatic rings. The molecule has 0 aliphatic carbocycles. The summed E-state index contributed by atoms with van der Waals surface area (Å²) in [4.78, 5) is 14.1. The van der Waals surface area contributed by atoms with Gasteiger partial charge in [-0.2, -0.15) is 0 Å². The van der Waals surface area contributed by atoms with Crippen molar-refractivity contribution in [3.63, 3.8) is 0 Å². The zero-order valence-electron chi connectivity index (χ0n) is 14.8. The van der Waals surface area contributed by atoms with Crippen molar-refractivity contribution in [3.8, 4) is 5.75 Å². The Labute approximate surface area is 147 Å². The van der Waals surface area contributed by atoms with Crippen molar-refractivity contribution < 1.29 is 14.3 Å². The molecule has 0 aromatic heterocycles. The molecule has 1 amide bonds. The lowest BCUT2D eigenvalue weighted by Crippen LogP contribution is -2.37. The maximum atomic E-state index is 12.4. The van der Waals surface area contributed by atoms with Crippen LogP contribution in [-0.2, 0) is 16.7 Å². The van der Waals surface area contributed by atoms with Crippen LogP contribution in [0.25, 0.3) is 0 Å². The number of hydrogen-bond donors (Lipinski definition) is 0. The van der Waals surface area contributed by atoms with Crippen LogP contribution >= 0.6 is 15.9 Å². The van der Waals surface area contributed by atoms with Crippen molar-refractivity contribution in [1.29, 1.82) is 0 Å². The Bertz CT molecular complexity index is 600. The van der Waals surface area contributed by atoms with Crippen molar-refractivity contribution in [3.05, 3.63) is 27.7 Å². The van der Waals surface area contributed by atoms with E-state index in [1.165, 1.54) is 0 Å². The van der Waals surface area contributed by atoms with Crippen LogP contribution in [-0.4, -0.2) is 29.7 Å². The second-order valence-corrected chi connectivity index (χ2v) is 8.86. The smallest absolute Gasteiger partial charge is 0.410 e. The maximum absolute atomic E-state index is 12.4. The first-order valence-electron chi connectivity index (χ1n) is 7.91. The number of hydrogen-bond acceptors (Lipinski definition) is 3. The Morgan fingerprint density at radius 3 is 2.43 bits per heavy atom. The number of nitrogens with zero attached hydrogens (tertiary/aromatic N) is 1. The second-order valence-electron chi connectivity index (χ2n) is 7.94. The zero-order chi connectivity index (χ0) is 17.4. The van der Waals surface area contributed by atoms with Crippen molar-refractivity contribution in [2.45, 2.75) is 59.1 Å². The minimum Gasteiger partial charge on any atom is -0.491 e. The van der Waals surface area contributed by atoms with E-state index in [4.69, 9.17) is 9.47 Å². The van der Waals surface area contributed by atoms with E-state index in [2.05, 4.69) is 42.8 Å². The highest BCUT2D eigenvalue weighted by Gasteiger charge is 2.29. The molecule has 0 radical (unpaired) electrons. The third-order valence-corrected chi connectivity index (χ3v) is 4.02. The molecule has 0 atom stereocenters. The highest BCUT2D eigenvalue weighted by Crippen LogP contribution is 2.38. The summed E-state index contributed by atoms with van der Waals surface area (Å²) in [7, 11) is 0. The molecule has 4 nitrogen and oxygen atoms in total. The van der Waals surface area contributed by atoms with Crippen molar-refractivity contribution in [2.24, 2.45) is 0 Å². The van der Waals surface area contributed by atoms with E-state index in [0.717, 1.165) is 21.3 Å². The van der Waals surface area contributed by atoms with Crippen LogP contribution in [0.1, 0.15) is 52.7 Å². The molecule has 23 heavy (non-hydrogen) atoms. The molecular weight excluding hydrogens is 358 g/mol. The molecule has 0 unspecified atom stereocenters. The summed E-state index contributed by atoms with van der Waals surface area (Å²) in [5, 5.41) is 0. The molecule has 1 aliphatic rings. The van der Waals surface area contributed by atoms with Crippen molar-refractivity contribution in [2.75, 3.05) is 13.2 Å². The number of fused-ring (bicyclic) bond motifs is 1. The lowest BCUT2D eigenvalue weighted by atomic mass is 9.85. The third-order valence-electron chi connectivity index (χ3n) is 3.56. The van der Waals surface area contributed by atoms with Gasteiger partial charge in [-0.25, -0.2) is 4.79 Å². The standard InChI is InChI=1S/C18H26BrNO3/c1-17(2,3)14-10-13(19)9-12-11-20(7-8-22-15(12)14)16(21)23-18(4,5)6/h9-10H,7-8,11H2,1-6H3. The molecular formula is C18H26BrNO3. The Morgan fingerprint density at radius 1 is 1.22 bits per heavy atom. The summed E-state index contributed by atoms with van der Waals surface area (Å²) >= 11 is 3.57. The van der Waals surface area contributed by atoms with Gasteiger partial charge < -0.3 is 14.4 Å². The van der Waals surface area contributed by atoms with Gasteiger partial charge in [0.25, 0.3) is 0 Å². The Balaban J connectivity index is 2.34. The van der Waals surface area contributed by atoms with Gasteiger partial charge in [-0.3, -0.25) is 0 Å². The Morgan fingerprint density at radius 2 is 1.87 bits per heavy atom. The molecule has 0 saturated heterocycles. The number of carbonyl (C=O) groups excluding carboxylic acids is 1. The number of amides is 1.